The third kappa shape index (κ3) is 2.26. The lowest BCUT2D eigenvalue weighted by molar-refractivity contribution is -0.121. The van der Waals surface area contributed by atoms with Crippen LogP contribution in [0.2, 0.25) is 0 Å². The molecule has 7 nitrogen and oxygen atoms in total. The van der Waals surface area contributed by atoms with Gasteiger partial charge in [-0.05, 0) is 24.6 Å². The van der Waals surface area contributed by atoms with Gasteiger partial charge in [0.25, 0.3) is 5.91 Å². The number of benzene rings is 1. The molecular weight excluding hydrogens is 246 g/mol. The first-order valence-corrected chi connectivity index (χ1v) is 6.10. The summed E-state index contributed by atoms with van der Waals surface area (Å²) >= 11 is 0. The van der Waals surface area contributed by atoms with Gasteiger partial charge in [0, 0.05) is 18.7 Å². The first kappa shape index (κ1) is 11.6. The molecule has 3 rings (SSSR count). The van der Waals surface area contributed by atoms with Crippen LogP contribution in [0.1, 0.15) is 16.8 Å². The number of amides is 2. The van der Waals surface area contributed by atoms with Crippen molar-refractivity contribution < 1.29 is 9.59 Å². The van der Waals surface area contributed by atoms with Gasteiger partial charge in [0.05, 0.1) is 6.54 Å². The van der Waals surface area contributed by atoms with E-state index in [0.29, 0.717) is 29.7 Å². The molecule has 19 heavy (non-hydrogen) atoms. The molecule has 0 radical (unpaired) electrons. The van der Waals surface area contributed by atoms with E-state index in [4.69, 9.17) is 0 Å². The lowest BCUT2D eigenvalue weighted by Gasteiger charge is -2.18. The molecule has 1 aliphatic heterocycles. The second-order valence-electron chi connectivity index (χ2n) is 4.46. The van der Waals surface area contributed by atoms with Gasteiger partial charge in [-0.3, -0.25) is 9.59 Å². The number of hydrogen-bond donors (Lipinski definition) is 2. The lowest BCUT2D eigenvalue weighted by atomic mass is 10.1. The maximum absolute atomic E-state index is 12.4. The molecule has 0 unspecified atom stereocenters. The SMILES string of the molecule is O=C1CN(C(=O)c2ccc3n[nH]nc3c2)CCCN1. The highest BCUT2D eigenvalue weighted by atomic mass is 16.2. The molecule has 1 aromatic carbocycles. The van der Waals surface area contributed by atoms with Gasteiger partial charge in [0.2, 0.25) is 5.91 Å². The van der Waals surface area contributed by atoms with E-state index in [2.05, 4.69) is 20.7 Å². The van der Waals surface area contributed by atoms with Crippen LogP contribution in [0.3, 0.4) is 0 Å². The average molecular weight is 259 g/mol. The fourth-order valence-electron chi connectivity index (χ4n) is 2.14. The molecular formula is C12H13N5O2. The summed E-state index contributed by atoms with van der Waals surface area (Å²) in [5, 5.41) is 13.1. The van der Waals surface area contributed by atoms with Crippen LogP contribution in [0.15, 0.2) is 18.2 Å². The van der Waals surface area contributed by atoms with Crippen molar-refractivity contribution in [2.75, 3.05) is 19.6 Å². The number of carbonyl (C=O) groups is 2. The van der Waals surface area contributed by atoms with Crippen LogP contribution < -0.4 is 5.32 Å². The summed E-state index contributed by atoms with van der Waals surface area (Å²) in [5.41, 5.74) is 1.88. The van der Waals surface area contributed by atoms with Gasteiger partial charge in [0.1, 0.15) is 11.0 Å². The van der Waals surface area contributed by atoms with Crippen LogP contribution in [0.25, 0.3) is 11.0 Å². The number of nitrogens with one attached hydrogen (secondary N) is 2. The Morgan fingerprint density at radius 2 is 2.11 bits per heavy atom. The second kappa shape index (κ2) is 4.68. The normalized spacial score (nSPS) is 16.2. The van der Waals surface area contributed by atoms with Crippen molar-refractivity contribution in [1.29, 1.82) is 0 Å². The highest BCUT2D eigenvalue weighted by Gasteiger charge is 2.21. The van der Waals surface area contributed by atoms with Crippen molar-refractivity contribution in [3.05, 3.63) is 23.8 Å². The molecule has 98 valence electrons. The maximum Gasteiger partial charge on any atom is 0.254 e. The molecule has 0 saturated carbocycles. The Morgan fingerprint density at radius 1 is 1.26 bits per heavy atom. The number of aromatic amines is 1. The summed E-state index contributed by atoms with van der Waals surface area (Å²) in [7, 11) is 0. The van der Waals surface area contributed by atoms with Crippen LogP contribution in [-0.4, -0.2) is 51.8 Å². The quantitative estimate of drug-likeness (QED) is 0.749. The molecule has 2 N–H and O–H groups in total. The predicted molar refractivity (Wildman–Crippen MR) is 67.4 cm³/mol. The van der Waals surface area contributed by atoms with Gasteiger partial charge in [-0.2, -0.15) is 15.4 Å². The first-order valence-electron chi connectivity index (χ1n) is 6.10. The van der Waals surface area contributed by atoms with E-state index in [1.807, 2.05) is 0 Å². The summed E-state index contributed by atoms with van der Waals surface area (Å²) in [6.45, 7) is 1.30. The minimum absolute atomic E-state index is 0.107. The van der Waals surface area contributed by atoms with Crippen LogP contribution in [0.4, 0.5) is 0 Å². The molecule has 0 atom stereocenters. The van der Waals surface area contributed by atoms with Crippen LogP contribution in [0.5, 0.6) is 0 Å². The lowest BCUT2D eigenvalue weighted by Crippen LogP contribution is -2.37. The number of rotatable bonds is 1. The van der Waals surface area contributed by atoms with E-state index >= 15 is 0 Å². The second-order valence-corrected chi connectivity index (χ2v) is 4.46. The molecule has 1 fully saturated rings. The summed E-state index contributed by atoms with van der Waals surface area (Å²) in [6.07, 6.45) is 0.768. The number of hydrogen-bond acceptors (Lipinski definition) is 4. The summed E-state index contributed by atoms with van der Waals surface area (Å²) < 4.78 is 0. The van der Waals surface area contributed by atoms with E-state index in [0.717, 1.165) is 6.42 Å². The molecule has 2 amide bonds. The van der Waals surface area contributed by atoms with Crippen molar-refractivity contribution >= 4 is 22.8 Å². The number of H-pyrrole nitrogens is 1. The third-order valence-electron chi connectivity index (χ3n) is 3.11. The van der Waals surface area contributed by atoms with E-state index in [1.54, 1.807) is 23.1 Å². The molecule has 0 bridgehead atoms. The number of aromatic nitrogens is 3. The van der Waals surface area contributed by atoms with E-state index in [-0.39, 0.29) is 18.4 Å². The zero-order valence-electron chi connectivity index (χ0n) is 10.2. The Labute approximate surface area is 109 Å². The standard InChI is InChI=1S/C12H13N5O2/c18-11-7-17(5-1-4-13-11)12(19)8-2-3-9-10(6-8)15-16-14-9/h2-3,6H,1,4-5,7H2,(H,13,18)(H,14,15,16). The van der Waals surface area contributed by atoms with Crippen molar-refractivity contribution in [2.24, 2.45) is 0 Å². The minimum Gasteiger partial charge on any atom is -0.354 e. The van der Waals surface area contributed by atoms with Crippen molar-refractivity contribution in [3.63, 3.8) is 0 Å². The smallest absolute Gasteiger partial charge is 0.254 e. The number of fused-ring (bicyclic) bond motifs is 1. The molecule has 0 spiro atoms. The molecule has 7 heteroatoms. The summed E-state index contributed by atoms with van der Waals surface area (Å²) in [6, 6.07) is 5.13. The van der Waals surface area contributed by atoms with Gasteiger partial charge in [-0.1, -0.05) is 0 Å². The Bertz CT molecular complexity index is 636. The number of nitrogens with zero attached hydrogens (tertiary/aromatic N) is 3. The summed E-state index contributed by atoms with van der Waals surface area (Å²) in [5.74, 6) is -0.268. The molecule has 2 aromatic rings. The van der Waals surface area contributed by atoms with Crippen molar-refractivity contribution in [3.8, 4) is 0 Å². The fourth-order valence-corrected chi connectivity index (χ4v) is 2.14. The van der Waals surface area contributed by atoms with Crippen molar-refractivity contribution in [1.82, 2.24) is 25.6 Å². The van der Waals surface area contributed by atoms with Gasteiger partial charge < -0.3 is 10.2 Å². The molecule has 1 aromatic heterocycles. The highest BCUT2D eigenvalue weighted by molar-refractivity contribution is 5.99. The fraction of sp³-hybridized carbons (Fsp3) is 0.333. The van der Waals surface area contributed by atoms with Crippen LogP contribution in [0, 0.1) is 0 Å². The van der Waals surface area contributed by atoms with Gasteiger partial charge in [0.15, 0.2) is 0 Å². The highest BCUT2D eigenvalue weighted by Crippen LogP contribution is 2.13. The zero-order chi connectivity index (χ0) is 13.2. The molecule has 0 aliphatic carbocycles. The first-order chi connectivity index (χ1) is 9.24. The Hall–Kier alpha value is -2.44. The molecule has 2 heterocycles. The van der Waals surface area contributed by atoms with Crippen LogP contribution in [-0.2, 0) is 4.79 Å². The Morgan fingerprint density at radius 3 is 3.00 bits per heavy atom. The largest absolute Gasteiger partial charge is 0.354 e. The zero-order valence-corrected chi connectivity index (χ0v) is 10.2. The monoisotopic (exact) mass is 259 g/mol. The van der Waals surface area contributed by atoms with E-state index in [9.17, 15) is 9.59 Å². The summed E-state index contributed by atoms with van der Waals surface area (Å²) in [4.78, 5) is 25.4. The third-order valence-corrected chi connectivity index (χ3v) is 3.11. The topological polar surface area (TPSA) is 91.0 Å². The van der Waals surface area contributed by atoms with Crippen molar-refractivity contribution in [2.45, 2.75) is 6.42 Å². The van der Waals surface area contributed by atoms with Gasteiger partial charge in [-0.25, -0.2) is 0 Å². The Kier molecular flexibility index (Phi) is 2.86. The average Bonchev–Trinajstić information content (AvgIpc) is 2.78. The Balaban J connectivity index is 1.87. The van der Waals surface area contributed by atoms with E-state index < -0.39 is 0 Å². The molecule has 1 saturated heterocycles. The minimum atomic E-state index is -0.151. The van der Waals surface area contributed by atoms with Gasteiger partial charge >= 0.3 is 0 Å². The van der Waals surface area contributed by atoms with E-state index in [1.165, 1.54) is 0 Å². The van der Waals surface area contributed by atoms with Crippen LogP contribution >= 0.6 is 0 Å². The van der Waals surface area contributed by atoms with Gasteiger partial charge in [-0.15, -0.1) is 0 Å². The number of carbonyl (C=O) groups excluding carboxylic acids is 2. The molecule has 1 aliphatic rings. The maximum atomic E-state index is 12.4. The predicted octanol–water partition coefficient (Wildman–Crippen LogP) is -0.0800.